The van der Waals surface area contributed by atoms with Gasteiger partial charge in [-0.25, -0.2) is 0 Å². The molecule has 0 aliphatic carbocycles. The predicted octanol–water partition coefficient (Wildman–Crippen LogP) is 2.83. The van der Waals surface area contributed by atoms with E-state index >= 15 is 0 Å². The average Bonchev–Trinajstić information content (AvgIpc) is 2.11. The van der Waals surface area contributed by atoms with Crippen molar-refractivity contribution in [1.82, 2.24) is 5.06 Å². The third kappa shape index (κ3) is 1.53. The monoisotopic (exact) mass is 183 g/mol. The Morgan fingerprint density at radius 3 is 1.85 bits per heavy atom. The average molecular weight is 183 g/mol. The fraction of sp³-hybridized carbons (Fsp3) is 0.818. The first-order valence-electron chi connectivity index (χ1n) is 4.92. The van der Waals surface area contributed by atoms with Crippen molar-refractivity contribution < 1.29 is 5.21 Å². The fourth-order valence-electron chi connectivity index (χ4n) is 2.33. The molecule has 0 bridgehead atoms. The van der Waals surface area contributed by atoms with E-state index in [1.807, 2.05) is 13.8 Å². The summed E-state index contributed by atoms with van der Waals surface area (Å²) in [6, 6.07) is 0. The molecule has 1 rings (SSSR count). The van der Waals surface area contributed by atoms with Crippen LogP contribution in [0.25, 0.3) is 0 Å². The number of hydrogen-bond acceptors (Lipinski definition) is 2. The molecule has 1 aliphatic rings. The molecule has 1 aliphatic heterocycles. The minimum atomic E-state index is -0.233. The van der Waals surface area contributed by atoms with Crippen LogP contribution in [-0.4, -0.2) is 21.3 Å². The van der Waals surface area contributed by atoms with Gasteiger partial charge in [-0.05, 0) is 39.2 Å². The van der Waals surface area contributed by atoms with Gasteiger partial charge in [-0.2, -0.15) is 5.06 Å². The van der Waals surface area contributed by atoms with Gasteiger partial charge in [0.2, 0.25) is 0 Å². The van der Waals surface area contributed by atoms with Gasteiger partial charge in [-0.1, -0.05) is 19.9 Å². The molecule has 0 aromatic rings. The molecule has 1 N–H and O–H groups in total. The van der Waals surface area contributed by atoms with E-state index in [0.29, 0.717) is 5.92 Å². The zero-order valence-corrected chi connectivity index (χ0v) is 9.55. The largest absolute Gasteiger partial charge is 0.312 e. The summed E-state index contributed by atoms with van der Waals surface area (Å²) in [6.07, 6.45) is 2.18. The zero-order valence-electron chi connectivity index (χ0n) is 9.55. The molecular formula is C11H21NO. The van der Waals surface area contributed by atoms with Crippen molar-refractivity contribution in [3.63, 3.8) is 0 Å². The third-order valence-corrected chi connectivity index (χ3v) is 2.91. The van der Waals surface area contributed by atoms with E-state index in [2.05, 4.69) is 33.8 Å². The van der Waals surface area contributed by atoms with Crippen molar-refractivity contribution >= 4 is 0 Å². The lowest BCUT2D eigenvalue weighted by molar-refractivity contribution is -0.186. The molecule has 13 heavy (non-hydrogen) atoms. The molecule has 0 spiro atoms. The molecule has 2 nitrogen and oxygen atoms in total. The molecule has 76 valence electrons. The number of nitrogens with zero attached hydrogens (tertiary/aromatic N) is 1. The molecular weight excluding hydrogens is 162 g/mol. The first kappa shape index (κ1) is 10.7. The molecule has 0 atom stereocenters. The lowest BCUT2D eigenvalue weighted by Gasteiger charge is -2.37. The lowest BCUT2D eigenvalue weighted by Crippen LogP contribution is -2.48. The molecule has 0 aromatic heterocycles. The van der Waals surface area contributed by atoms with Gasteiger partial charge in [0, 0.05) is 0 Å². The van der Waals surface area contributed by atoms with Crippen LogP contribution in [0, 0.1) is 5.92 Å². The molecule has 2 heteroatoms. The Kier molecular flexibility index (Phi) is 2.33. The maximum atomic E-state index is 9.99. The maximum absolute atomic E-state index is 9.99. The van der Waals surface area contributed by atoms with Crippen molar-refractivity contribution in [2.45, 2.75) is 52.6 Å². The molecule has 0 fully saturated rings. The van der Waals surface area contributed by atoms with Crippen LogP contribution in [0.5, 0.6) is 0 Å². The van der Waals surface area contributed by atoms with Crippen molar-refractivity contribution in [1.29, 1.82) is 0 Å². The molecule has 0 saturated heterocycles. The highest BCUT2D eigenvalue weighted by molar-refractivity contribution is 5.30. The van der Waals surface area contributed by atoms with Crippen LogP contribution in [-0.2, 0) is 0 Å². The van der Waals surface area contributed by atoms with Crippen LogP contribution < -0.4 is 0 Å². The van der Waals surface area contributed by atoms with E-state index in [-0.39, 0.29) is 11.1 Å². The van der Waals surface area contributed by atoms with E-state index in [0.717, 1.165) is 0 Å². The first-order chi connectivity index (χ1) is 5.69. The molecule has 0 radical (unpaired) electrons. The van der Waals surface area contributed by atoms with Crippen molar-refractivity contribution in [3.05, 3.63) is 11.6 Å². The van der Waals surface area contributed by atoms with E-state index in [4.69, 9.17) is 0 Å². The van der Waals surface area contributed by atoms with Crippen LogP contribution in [0.1, 0.15) is 41.5 Å². The van der Waals surface area contributed by atoms with Crippen molar-refractivity contribution in [2.75, 3.05) is 0 Å². The number of rotatable bonds is 1. The lowest BCUT2D eigenvalue weighted by atomic mass is 9.88. The van der Waals surface area contributed by atoms with E-state index < -0.39 is 0 Å². The maximum Gasteiger partial charge on any atom is 0.0625 e. The molecule has 0 aromatic carbocycles. The summed E-state index contributed by atoms with van der Waals surface area (Å²) in [5.74, 6) is 0.492. The van der Waals surface area contributed by atoms with Crippen LogP contribution in [0.3, 0.4) is 0 Å². The summed E-state index contributed by atoms with van der Waals surface area (Å²) in [7, 11) is 0. The quantitative estimate of drug-likeness (QED) is 0.632. The van der Waals surface area contributed by atoms with Gasteiger partial charge >= 0.3 is 0 Å². The highest BCUT2D eigenvalue weighted by Gasteiger charge is 2.45. The third-order valence-electron chi connectivity index (χ3n) is 2.91. The number of hydrogen-bond donors (Lipinski definition) is 1. The van der Waals surface area contributed by atoms with Crippen LogP contribution in [0.4, 0.5) is 0 Å². The van der Waals surface area contributed by atoms with Gasteiger partial charge in [0.25, 0.3) is 0 Å². The highest BCUT2D eigenvalue weighted by atomic mass is 16.5. The summed E-state index contributed by atoms with van der Waals surface area (Å²) in [5, 5.41) is 11.4. The predicted molar refractivity (Wildman–Crippen MR) is 54.7 cm³/mol. The Labute approximate surface area is 81.2 Å². The van der Waals surface area contributed by atoms with Crippen molar-refractivity contribution in [3.8, 4) is 0 Å². The van der Waals surface area contributed by atoms with E-state index in [1.165, 1.54) is 10.6 Å². The highest BCUT2D eigenvalue weighted by Crippen LogP contribution is 2.41. The second kappa shape index (κ2) is 2.82. The summed E-state index contributed by atoms with van der Waals surface area (Å²) in [5.41, 5.74) is 0.862. The second-order valence-electron chi connectivity index (χ2n) is 5.28. The molecule has 0 saturated carbocycles. The Bertz CT molecular complexity index is 238. The van der Waals surface area contributed by atoms with E-state index in [9.17, 15) is 5.21 Å². The molecule has 0 amide bonds. The summed E-state index contributed by atoms with van der Waals surface area (Å²) in [4.78, 5) is 0. The van der Waals surface area contributed by atoms with Gasteiger partial charge in [0.1, 0.15) is 0 Å². The minimum Gasteiger partial charge on any atom is -0.312 e. The second-order valence-corrected chi connectivity index (χ2v) is 5.28. The Balaban J connectivity index is 3.10. The normalized spacial score (nSPS) is 26.6. The van der Waals surface area contributed by atoms with E-state index in [1.54, 1.807) is 0 Å². The Morgan fingerprint density at radius 1 is 1.23 bits per heavy atom. The van der Waals surface area contributed by atoms with Gasteiger partial charge in [0.15, 0.2) is 0 Å². The number of hydroxylamine groups is 2. The van der Waals surface area contributed by atoms with Gasteiger partial charge in [-0.3, -0.25) is 0 Å². The van der Waals surface area contributed by atoms with Crippen LogP contribution >= 0.6 is 0 Å². The van der Waals surface area contributed by atoms with Gasteiger partial charge < -0.3 is 5.21 Å². The first-order valence-corrected chi connectivity index (χ1v) is 4.92. The fourth-order valence-corrected chi connectivity index (χ4v) is 2.33. The topological polar surface area (TPSA) is 23.5 Å². The molecule has 1 heterocycles. The Hall–Kier alpha value is -0.340. The summed E-state index contributed by atoms with van der Waals surface area (Å²) >= 11 is 0. The summed E-state index contributed by atoms with van der Waals surface area (Å²) < 4.78 is 0. The smallest absolute Gasteiger partial charge is 0.0625 e. The SMILES string of the molecule is CC(C)C1=CC(C)(C)N(O)C1(C)C. The van der Waals surface area contributed by atoms with Gasteiger partial charge in [0.05, 0.1) is 11.1 Å². The Morgan fingerprint density at radius 2 is 1.69 bits per heavy atom. The minimum absolute atomic E-state index is 0.225. The van der Waals surface area contributed by atoms with Crippen LogP contribution in [0.2, 0.25) is 0 Å². The van der Waals surface area contributed by atoms with Crippen molar-refractivity contribution in [2.24, 2.45) is 5.92 Å². The standard InChI is InChI=1S/C11H21NO/c1-8(2)9-7-10(3,4)12(13)11(9,5)6/h7-8,13H,1-6H3. The summed E-state index contributed by atoms with van der Waals surface area (Å²) in [6.45, 7) is 12.5. The zero-order chi connectivity index (χ0) is 10.4. The van der Waals surface area contributed by atoms with Gasteiger partial charge in [-0.15, -0.1) is 0 Å². The van der Waals surface area contributed by atoms with Crippen LogP contribution in [0.15, 0.2) is 11.6 Å². The molecule has 0 unspecified atom stereocenters.